The van der Waals surface area contributed by atoms with E-state index in [1.807, 2.05) is 0 Å². The molecule has 0 aliphatic rings. The molecule has 110 valence electrons. The van der Waals surface area contributed by atoms with E-state index < -0.39 is 24.1 Å². The normalized spacial score (nSPS) is 13.7. The molecule has 3 N–H and O–H groups in total. The van der Waals surface area contributed by atoms with Crippen LogP contribution in [0.25, 0.3) is 0 Å². The molecule has 0 heterocycles. The molecule has 0 saturated carbocycles. The fourth-order valence-electron chi connectivity index (χ4n) is 1.75. The summed E-state index contributed by atoms with van der Waals surface area (Å²) in [6, 6.07) is 3.89. The second kappa shape index (κ2) is 6.88. The van der Waals surface area contributed by atoms with Gasteiger partial charge in [-0.15, -0.1) is 0 Å². The van der Waals surface area contributed by atoms with Crippen LogP contribution in [0.1, 0.15) is 32.4 Å². The molecule has 0 aliphatic heterocycles. The number of rotatable bonds is 5. The van der Waals surface area contributed by atoms with Crippen LogP contribution in [-0.2, 0) is 4.79 Å². The lowest BCUT2D eigenvalue weighted by atomic mass is 10.1. The van der Waals surface area contributed by atoms with Gasteiger partial charge in [-0.1, -0.05) is 26.0 Å². The van der Waals surface area contributed by atoms with Gasteiger partial charge in [0, 0.05) is 0 Å². The quantitative estimate of drug-likeness (QED) is 0.775. The Balaban J connectivity index is 2.64. The number of aliphatic carboxylic acids is 1. The van der Waals surface area contributed by atoms with Gasteiger partial charge < -0.3 is 15.7 Å². The first-order chi connectivity index (χ1) is 9.31. The summed E-state index contributed by atoms with van der Waals surface area (Å²) in [5, 5.41) is 14.0. The third-order valence-corrected chi connectivity index (χ3v) is 2.92. The Labute approximate surface area is 117 Å². The van der Waals surface area contributed by atoms with E-state index in [1.54, 1.807) is 32.9 Å². The Morgan fingerprint density at radius 2 is 1.85 bits per heavy atom. The highest BCUT2D eigenvalue weighted by atomic mass is 19.1. The van der Waals surface area contributed by atoms with Crippen molar-refractivity contribution in [3.63, 3.8) is 0 Å². The van der Waals surface area contributed by atoms with Crippen molar-refractivity contribution in [2.75, 3.05) is 0 Å². The Kier molecular flexibility index (Phi) is 5.49. The highest BCUT2D eigenvalue weighted by molar-refractivity contribution is 5.82. The highest BCUT2D eigenvalue weighted by Crippen LogP contribution is 2.13. The Bertz CT molecular complexity index is 491. The average Bonchev–Trinajstić information content (AvgIpc) is 2.35. The van der Waals surface area contributed by atoms with E-state index in [0.29, 0.717) is 5.56 Å². The number of carboxylic acid groups (broad SMARTS) is 1. The molecule has 1 aromatic carbocycles. The van der Waals surface area contributed by atoms with Gasteiger partial charge in [0.15, 0.2) is 0 Å². The molecule has 0 bridgehead atoms. The lowest BCUT2D eigenvalue weighted by Gasteiger charge is -2.20. The van der Waals surface area contributed by atoms with Crippen LogP contribution in [-0.4, -0.2) is 23.1 Å². The molecular formula is C14H19FN2O3. The van der Waals surface area contributed by atoms with Crippen molar-refractivity contribution in [2.24, 2.45) is 5.92 Å². The smallest absolute Gasteiger partial charge is 0.326 e. The highest BCUT2D eigenvalue weighted by Gasteiger charge is 2.24. The number of urea groups is 1. The first kappa shape index (κ1) is 15.9. The van der Waals surface area contributed by atoms with Crippen LogP contribution >= 0.6 is 0 Å². The lowest BCUT2D eigenvalue weighted by molar-refractivity contribution is -0.140. The van der Waals surface area contributed by atoms with Gasteiger partial charge in [0.05, 0.1) is 6.04 Å². The van der Waals surface area contributed by atoms with Gasteiger partial charge in [-0.25, -0.2) is 14.0 Å². The molecule has 1 aromatic rings. The first-order valence-corrected chi connectivity index (χ1v) is 6.36. The zero-order valence-electron chi connectivity index (χ0n) is 11.7. The van der Waals surface area contributed by atoms with E-state index in [-0.39, 0.29) is 11.7 Å². The Morgan fingerprint density at radius 1 is 1.20 bits per heavy atom. The summed E-state index contributed by atoms with van der Waals surface area (Å²) in [4.78, 5) is 22.7. The van der Waals surface area contributed by atoms with Gasteiger partial charge >= 0.3 is 12.0 Å². The zero-order chi connectivity index (χ0) is 15.3. The number of carbonyl (C=O) groups excluding carboxylic acids is 1. The number of halogens is 1. The van der Waals surface area contributed by atoms with Crippen molar-refractivity contribution in [3.8, 4) is 0 Å². The molecule has 0 fully saturated rings. The average molecular weight is 282 g/mol. The molecule has 1 rings (SSSR count). The standard InChI is InChI=1S/C14H19FN2O3/c1-8(2)12(13(18)19)17-14(20)16-9(3)10-5-4-6-11(15)7-10/h4-9,12H,1-3H3,(H,18,19)(H2,16,17,20)/t9?,12-/m0/s1. The molecule has 0 aromatic heterocycles. The van der Waals surface area contributed by atoms with Gasteiger partial charge in [0.1, 0.15) is 11.9 Å². The van der Waals surface area contributed by atoms with E-state index in [1.165, 1.54) is 12.1 Å². The number of nitrogens with one attached hydrogen (secondary N) is 2. The fourth-order valence-corrected chi connectivity index (χ4v) is 1.75. The van der Waals surface area contributed by atoms with Crippen LogP contribution < -0.4 is 10.6 Å². The summed E-state index contributed by atoms with van der Waals surface area (Å²) in [6.07, 6.45) is 0. The van der Waals surface area contributed by atoms with E-state index in [9.17, 15) is 14.0 Å². The molecule has 0 spiro atoms. The summed E-state index contributed by atoms with van der Waals surface area (Å²) >= 11 is 0. The summed E-state index contributed by atoms with van der Waals surface area (Å²) < 4.78 is 13.1. The predicted octanol–water partition coefficient (Wildman–Crippen LogP) is 2.30. The monoisotopic (exact) mass is 282 g/mol. The van der Waals surface area contributed by atoms with E-state index in [0.717, 1.165) is 0 Å². The number of carboxylic acids is 1. The third-order valence-electron chi connectivity index (χ3n) is 2.92. The molecule has 2 atom stereocenters. The van der Waals surface area contributed by atoms with Crippen molar-refractivity contribution in [3.05, 3.63) is 35.6 Å². The maximum absolute atomic E-state index is 13.1. The summed E-state index contributed by atoms with van der Waals surface area (Å²) in [7, 11) is 0. The summed E-state index contributed by atoms with van der Waals surface area (Å²) in [5.74, 6) is -1.71. The largest absolute Gasteiger partial charge is 0.480 e. The SMILES string of the molecule is CC(NC(=O)N[C@H](C(=O)O)C(C)C)c1cccc(F)c1. The minimum atomic E-state index is -1.09. The van der Waals surface area contributed by atoms with Crippen molar-refractivity contribution in [2.45, 2.75) is 32.9 Å². The minimum Gasteiger partial charge on any atom is -0.480 e. The molecular weight excluding hydrogens is 263 g/mol. The number of carbonyl (C=O) groups is 2. The third kappa shape index (κ3) is 4.53. The van der Waals surface area contributed by atoms with E-state index in [2.05, 4.69) is 10.6 Å². The van der Waals surface area contributed by atoms with Gasteiger partial charge in [-0.05, 0) is 30.5 Å². The van der Waals surface area contributed by atoms with E-state index in [4.69, 9.17) is 5.11 Å². The number of amides is 2. The molecule has 1 unspecified atom stereocenters. The predicted molar refractivity (Wildman–Crippen MR) is 72.7 cm³/mol. The van der Waals surface area contributed by atoms with Crippen LogP contribution in [0, 0.1) is 11.7 Å². The maximum atomic E-state index is 13.1. The lowest BCUT2D eigenvalue weighted by Crippen LogP contribution is -2.49. The number of hydrogen-bond acceptors (Lipinski definition) is 2. The van der Waals surface area contributed by atoms with Crippen LogP contribution in [0.4, 0.5) is 9.18 Å². The van der Waals surface area contributed by atoms with Gasteiger partial charge in [0.2, 0.25) is 0 Å². The van der Waals surface area contributed by atoms with Crippen LogP contribution in [0.15, 0.2) is 24.3 Å². The summed E-state index contributed by atoms with van der Waals surface area (Å²) in [6.45, 7) is 5.10. The molecule has 0 saturated heterocycles. The Hall–Kier alpha value is -2.11. The van der Waals surface area contributed by atoms with Crippen LogP contribution in [0.5, 0.6) is 0 Å². The van der Waals surface area contributed by atoms with Crippen molar-refractivity contribution >= 4 is 12.0 Å². The zero-order valence-corrected chi connectivity index (χ0v) is 11.7. The van der Waals surface area contributed by atoms with Crippen molar-refractivity contribution < 1.29 is 19.1 Å². The van der Waals surface area contributed by atoms with Gasteiger partial charge in [-0.3, -0.25) is 0 Å². The molecule has 2 amide bonds. The molecule has 6 heteroatoms. The van der Waals surface area contributed by atoms with Crippen molar-refractivity contribution in [1.29, 1.82) is 0 Å². The molecule has 0 radical (unpaired) electrons. The maximum Gasteiger partial charge on any atom is 0.326 e. The number of benzene rings is 1. The Morgan fingerprint density at radius 3 is 2.35 bits per heavy atom. The second-order valence-electron chi connectivity index (χ2n) is 4.95. The minimum absolute atomic E-state index is 0.234. The van der Waals surface area contributed by atoms with Gasteiger partial charge in [0.25, 0.3) is 0 Å². The van der Waals surface area contributed by atoms with Gasteiger partial charge in [-0.2, -0.15) is 0 Å². The fraction of sp³-hybridized carbons (Fsp3) is 0.429. The number of hydrogen-bond donors (Lipinski definition) is 3. The molecule has 20 heavy (non-hydrogen) atoms. The topological polar surface area (TPSA) is 78.4 Å². The molecule has 5 nitrogen and oxygen atoms in total. The van der Waals surface area contributed by atoms with Crippen molar-refractivity contribution in [1.82, 2.24) is 10.6 Å². The van der Waals surface area contributed by atoms with Crippen LogP contribution in [0.2, 0.25) is 0 Å². The second-order valence-corrected chi connectivity index (χ2v) is 4.95. The first-order valence-electron chi connectivity index (χ1n) is 6.36. The summed E-state index contributed by atoms with van der Waals surface area (Å²) in [5.41, 5.74) is 0.608. The van der Waals surface area contributed by atoms with E-state index >= 15 is 0 Å². The van der Waals surface area contributed by atoms with Crippen LogP contribution in [0.3, 0.4) is 0 Å². The molecule has 0 aliphatic carbocycles.